The summed E-state index contributed by atoms with van der Waals surface area (Å²) in [6.45, 7) is 2.73. The molecule has 0 radical (unpaired) electrons. The molecule has 152 valence electrons. The van der Waals surface area contributed by atoms with Crippen molar-refractivity contribution in [2.75, 3.05) is 40.0 Å². The number of benzene rings is 2. The summed E-state index contributed by atoms with van der Waals surface area (Å²) in [5.41, 5.74) is 0.961. The van der Waals surface area contributed by atoms with Gasteiger partial charge in [0.05, 0.1) is 30.2 Å². The van der Waals surface area contributed by atoms with Crippen molar-refractivity contribution in [3.05, 3.63) is 58.9 Å². The van der Waals surface area contributed by atoms with E-state index in [1.54, 1.807) is 7.11 Å². The van der Waals surface area contributed by atoms with Crippen molar-refractivity contribution in [2.45, 2.75) is 10.9 Å². The molecule has 1 N–H and O–H groups in total. The van der Waals surface area contributed by atoms with Gasteiger partial charge in [-0.2, -0.15) is 0 Å². The lowest BCUT2D eigenvalue weighted by atomic mass is 10.0. The molecule has 1 fully saturated rings. The second kappa shape index (κ2) is 9.19. The van der Waals surface area contributed by atoms with Gasteiger partial charge >= 0.3 is 0 Å². The van der Waals surface area contributed by atoms with Gasteiger partial charge in [0.25, 0.3) is 0 Å². The summed E-state index contributed by atoms with van der Waals surface area (Å²) in [6.07, 6.45) is 0. The number of methoxy groups -OCH3 is 1. The number of halogens is 2. The zero-order chi connectivity index (χ0) is 20.1. The fourth-order valence-corrected chi connectivity index (χ4v) is 4.40. The van der Waals surface area contributed by atoms with E-state index in [0.717, 1.165) is 23.4 Å². The molecule has 0 saturated carbocycles. The third-order valence-electron chi connectivity index (χ3n) is 4.66. The highest BCUT2D eigenvalue weighted by Gasteiger charge is 2.25. The van der Waals surface area contributed by atoms with Crippen molar-refractivity contribution in [3.8, 4) is 5.75 Å². The third kappa shape index (κ3) is 5.01. The highest BCUT2D eigenvalue weighted by atomic mass is 35.5. The Kier molecular flexibility index (Phi) is 6.90. The Morgan fingerprint density at radius 1 is 1.21 bits per heavy atom. The van der Waals surface area contributed by atoms with Gasteiger partial charge < -0.3 is 9.47 Å². The van der Waals surface area contributed by atoms with E-state index >= 15 is 0 Å². The molecule has 1 heterocycles. The van der Waals surface area contributed by atoms with Crippen LogP contribution in [0.25, 0.3) is 0 Å². The average molecular weight is 429 g/mol. The van der Waals surface area contributed by atoms with E-state index in [0.29, 0.717) is 26.3 Å². The predicted molar refractivity (Wildman–Crippen MR) is 105 cm³/mol. The normalized spacial score (nSPS) is 16.7. The molecule has 9 heteroatoms. The van der Waals surface area contributed by atoms with E-state index in [1.165, 1.54) is 6.07 Å². The highest BCUT2D eigenvalue weighted by Crippen LogP contribution is 2.25. The average Bonchev–Trinajstić information content (AvgIpc) is 2.71. The minimum atomic E-state index is -3.84. The Hall–Kier alpha value is -1.71. The van der Waals surface area contributed by atoms with E-state index in [1.807, 2.05) is 24.3 Å². The van der Waals surface area contributed by atoms with Crippen LogP contribution in [-0.4, -0.2) is 53.3 Å². The number of nitrogens with zero attached hydrogens (tertiary/aromatic N) is 1. The zero-order valence-electron chi connectivity index (χ0n) is 15.4. The van der Waals surface area contributed by atoms with Gasteiger partial charge in [0.2, 0.25) is 10.0 Å². The molecular weight excluding hydrogens is 407 g/mol. The van der Waals surface area contributed by atoms with E-state index in [4.69, 9.17) is 21.1 Å². The second-order valence-electron chi connectivity index (χ2n) is 6.37. The molecule has 1 aliphatic rings. The van der Waals surface area contributed by atoms with Gasteiger partial charge in [0, 0.05) is 25.7 Å². The van der Waals surface area contributed by atoms with Crippen molar-refractivity contribution in [2.24, 2.45) is 0 Å². The van der Waals surface area contributed by atoms with Crippen LogP contribution in [-0.2, 0) is 14.8 Å². The number of nitrogens with one attached hydrogen (secondary N) is 1. The fraction of sp³-hybridized carbons (Fsp3) is 0.368. The summed E-state index contributed by atoms with van der Waals surface area (Å²) in [5, 5.41) is -0.234. The van der Waals surface area contributed by atoms with Crippen LogP contribution in [0.2, 0.25) is 5.02 Å². The minimum Gasteiger partial charge on any atom is -0.497 e. The Balaban J connectivity index is 1.80. The summed E-state index contributed by atoms with van der Waals surface area (Å²) in [4.78, 5) is 2.10. The smallest absolute Gasteiger partial charge is 0.240 e. The highest BCUT2D eigenvalue weighted by molar-refractivity contribution is 7.89. The maximum Gasteiger partial charge on any atom is 0.240 e. The molecule has 2 aromatic carbocycles. The van der Waals surface area contributed by atoms with Crippen molar-refractivity contribution < 1.29 is 22.3 Å². The molecule has 1 saturated heterocycles. The van der Waals surface area contributed by atoms with Gasteiger partial charge in [0.15, 0.2) is 0 Å². The van der Waals surface area contributed by atoms with Gasteiger partial charge in [0.1, 0.15) is 11.6 Å². The molecule has 0 amide bonds. The van der Waals surface area contributed by atoms with Gasteiger partial charge in [-0.15, -0.1) is 0 Å². The van der Waals surface area contributed by atoms with Crippen LogP contribution in [0.15, 0.2) is 47.4 Å². The minimum absolute atomic E-state index is 0.0747. The van der Waals surface area contributed by atoms with E-state index < -0.39 is 15.8 Å². The zero-order valence-corrected chi connectivity index (χ0v) is 17.0. The van der Waals surface area contributed by atoms with Crippen LogP contribution in [0.4, 0.5) is 4.39 Å². The molecule has 0 spiro atoms. The van der Waals surface area contributed by atoms with Crippen LogP contribution < -0.4 is 9.46 Å². The standard InChI is InChI=1S/C19H22ClFN2O4S/c1-26-15-4-2-14(3-5-15)19(23-8-10-27-11-9-23)13-22-28(24,25)16-6-7-18(21)17(20)12-16/h2-7,12,19,22H,8-11,13H2,1H3. The van der Waals surface area contributed by atoms with Crippen LogP contribution in [0.3, 0.4) is 0 Å². The summed E-state index contributed by atoms with van der Waals surface area (Å²) in [6, 6.07) is 10.7. The maximum atomic E-state index is 13.4. The molecule has 6 nitrogen and oxygen atoms in total. The number of rotatable bonds is 7. The maximum absolute atomic E-state index is 13.4. The molecule has 0 aromatic heterocycles. The van der Waals surface area contributed by atoms with Gasteiger partial charge in [-0.3, -0.25) is 4.90 Å². The Labute approximate surface area is 169 Å². The van der Waals surface area contributed by atoms with Gasteiger partial charge in [-0.1, -0.05) is 23.7 Å². The number of hydrogen-bond donors (Lipinski definition) is 1. The van der Waals surface area contributed by atoms with Crippen LogP contribution in [0.1, 0.15) is 11.6 Å². The number of sulfonamides is 1. The van der Waals surface area contributed by atoms with Crippen LogP contribution in [0, 0.1) is 5.82 Å². The lowest BCUT2D eigenvalue weighted by Crippen LogP contribution is -2.43. The predicted octanol–water partition coefficient (Wildman–Crippen LogP) is 2.84. The topological polar surface area (TPSA) is 67.9 Å². The first-order chi connectivity index (χ1) is 13.4. The monoisotopic (exact) mass is 428 g/mol. The Morgan fingerprint density at radius 2 is 1.89 bits per heavy atom. The lowest BCUT2D eigenvalue weighted by Gasteiger charge is -2.35. The number of hydrogen-bond acceptors (Lipinski definition) is 5. The first-order valence-electron chi connectivity index (χ1n) is 8.81. The summed E-state index contributed by atoms with van der Waals surface area (Å²) < 4.78 is 51.9. The first kappa shape index (κ1) is 21.0. The largest absolute Gasteiger partial charge is 0.497 e. The van der Waals surface area contributed by atoms with Crippen molar-refractivity contribution >= 4 is 21.6 Å². The fourth-order valence-electron chi connectivity index (χ4n) is 3.09. The Bertz CT molecular complexity index is 903. The van der Waals surface area contributed by atoms with Gasteiger partial charge in [-0.05, 0) is 35.9 Å². The van der Waals surface area contributed by atoms with Crippen molar-refractivity contribution in [1.29, 1.82) is 0 Å². The molecule has 1 atom stereocenters. The molecule has 1 aliphatic heterocycles. The summed E-state index contributed by atoms with van der Waals surface area (Å²) in [5.74, 6) is 0.0658. The molecule has 0 bridgehead atoms. The quantitative estimate of drug-likeness (QED) is 0.734. The Morgan fingerprint density at radius 3 is 2.50 bits per heavy atom. The molecule has 0 aliphatic carbocycles. The molecule has 2 aromatic rings. The van der Waals surface area contributed by atoms with E-state index in [-0.39, 0.29) is 22.5 Å². The SMILES string of the molecule is COc1ccc(C(CNS(=O)(=O)c2ccc(F)c(Cl)c2)N2CCOCC2)cc1. The van der Waals surface area contributed by atoms with Gasteiger partial charge in [-0.25, -0.2) is 17.5 Å². The second-order valence-corrected chi connectivity index (χ2v) is 8.54. The van der Waals surface area contributed by atoms with E-state index in [2.05, 4.69) is 9.62 Å². The van der Waals surface area contributed by atoms with Crippen LogP contribution >= 0.6 is 11.6 Å². The van der Waals surface area contributed by atoms with E-state index in [9.17, 15) is 12.8 Å². The number of morpholine rings is 1. The molecule has 3 rings (SSSR count). The van der Waals surface area contributed by atoms with Crippen LogP contribution in [0.5, 0.6) is 5.75 Å². The third-order valence-corrected chi connectivity index (χ3v) is 6.37. The number of ether oxygens (including phenoxy) is 2. The van der Waals surface area contributed by atoms with Crippen molar-refractivity contribution in [1.82, 2.24) is 9.62 Å². The summed E-state index contributed by atoms with van der Waals surface area (Å²) >= 11 is 5.73. The lowest BCUT2D eigenvalue weighted by molar-refractivity contribution is 0.0172. The summed E-state index contributed by atoms with van der Waals surface area (Å²) in [7, 11) is -2.24. The molecule has 1 unspecified atom stereocenters. The first-order valence-corrected chi connectivity index (χ1v) is 10.7. The molecule has 28 heavy (non-hydrogen) atoms. The molecular formula is C19H22ClFN2O4S. The van der Waals surface area contributed by atoms with Crippen molar-refractivity contribution in [3.63, 3.8) is 0 Å².